The van der Waals surface area contributed by atoms with Crippen LogP contribution in [0.5, 0.6) is 0 Å². The normalized spacial score (nSPS) is 27.2. The third-order valence-corrected chi connectivity index (χ3v) is 4.60. The van der Waals surface area contributed by atoms with Crippen molar-refractivity contribution in [3.05, 3.63) is 0 Å². The van der Waals surface area contributed by atoms with Gasteiger partial charge < -0.3 is 5.32 Å². The van der Waals surface area contributed by atoms with Crippen LogP contribution < -0.4 is 5.32 Å². The molecule has 0 aromatic heterocycles. The van der Waals surface area contributed by atoms with E-state index < -0.39 is 0 Å². The van der Waals surface area contributed by atoms with E-state index >= 15 is 0 Å². The average molecular weight is 254 g/mol. The summed E-state index contributed by atoms with van der Waals surface area (Å²) in [6.45, 7) is 18.9. The van der Waals surface area contributed by atoms with Crippen molar-refractivity contribution in [1.82, 2.24) is 10.2 Å². The number of hydrogen-bond acceptors (Lipinski definition) is 2. The van der Waals surface area contributed by atoms with E-state index in [1.807, 2.05) is 0 Å². The van der Waals surface area contributed by atoms with Crippen LogP contribution in [0.25, 0.3) is 0 Å². The molecule has 0 aromatic rings. The summed E-state index contributed by atoms with van der Waals surface area (Å²) in [6.07, 6.45) is 2.56. The van der Waals surface area contributed by atoms with E-state index in [-0.39, 0.29) is 0 Å². The molecule has 1 aliphatic heterocycles. The van der Waals surface area contributed by atoms with Crippen LogP contribution in [0.2, 0.25) is 0 Å². The van der Waals surface area contributed by atoms with Crippen LogP contribution in [-0.2, 0) is 0 Å². The van der Waals surface area contributed by atoms with Gasteiger partial charge in [-0.15, -0.1) is 0 Å². The van der Waals surface area contributed by atoms with E-state index in [9.17, 15) is 0 Å². The molecular weight excluding hydrogens is 220 g/mol. The first-order valence-electron chi connectivity index (χ1n) is 7.79. The molecule has 1 N–H and O–H groups in total. The maximum absolute atomic E-state index is 3.75. The summed E-state index contributed by atoms with van der Waals surface area (Å²) in [7, 11) is 0. The zero-order chi connectivity index (χ0) is 13.9. The summed E-state index contributed by atoms with van der Waals surface area (Å²) in [6, 6.07) is 1.33. The van der Waals surface area contributed by atoms with Crippen LogP contribution in [-0.4, -0.2) is 35.6 Å². The van der Waals surface area contributed by atoms with Crippen molar-refractivity contribution in [1.29, 1.82) is 0 Å². The lowest BCUT2D eigenvalue weighted by molar-refractivity contribution is -0.00203. The zero-order valence-corrected chi connectivity index (χ0v) is 13.6. The van der Waals surface area contributed by atoms with Crippen LogP contribution >= 0.6 is 0 Å². The van der Waals surface area contributed by atoms with Gasteiger partial charge in [-0.3, -0.25) is 4.90 Å². The van der Waals surface area contributed by atoms with Gasteiger partial charge in [0.15, 0.2) is 0 Å². The van der Waals surface area contributed by atoms with Crippen molar-refractivity contribution >= 4 is 0 Å². The predicted molar refractivity (Wildman–Crippen MR) is 80.9 cm³/mol. The van der Waals surface area contributed by atoms with Gasteiger partial charge in [-0.25, -0.2) is 0 Å². The molecular formula is C16H34N2. The van der Waals surface area contributed by atoms with Crippen LogP contribution in [0.15, 0.2) is 0 Å². The number of nitrogens with one attached hydrogen (secondary N) is 1. The Balaban J connectivity index is 2.84. The van der Waals surface area contributed by atoms with Crippen molar-refractivity contribution in [3.63, 3.8) is 0 Å². The minimum Gasteiger partial charge on any atom is -0.311 e. The minimum absolute atomic E-state index is 0.332. The van der Waals surface area contributed by atoms with E-state index in [1.165, 1.54) is 19.4 Å². The molecule has 1 aliphatic rings. The predicted octanol–water partition coefficient (Wildman–Crippen LogP) is 3.52. The van der Waals surface area contributed by atoms with Gasteiger partial charge in [0.25, 0.3) is 0 Å². The first-order chi connectivity index (χ1) is 8.29. The maximum atomic E-state index is 3.75. The Morgan fingerprint density at radius 1 is 1.17 bits per heavy atom. The van der Waals surface area contributed by atoms with Crippen molar-refractivity contribution in [2.75, 3.05) is 13.1 Å². The molecule has 18 heavy (non-hydrogen) atoms. The Hall–Kier alpha value is -0.0800. The topological polar surface area (TPSA) is 15.3 Å². The van der Waals surface area contributed by atoms with E-state index in [4.69, 9.17) is 0 Å². The van der Waals surface area contributed by atoms with Gasteiger partial charge in [0.05, 0.1) is 0 Å². The fourth-order valence-electron chi connectivity index (χ4n) is 3.29. The highest BCUT2D eigenvalue weighted by molar-refractivity contribution is 4.96. The summed E-state index contributed by atoms with van der Waals surface area (Å²) in [5, 5.41) is 3.75. The second kappa shape index (κ2) is 6.38. The van der Waals surface area contributed by atoms with E-state index in [0.717, 1.165) is 18.4 Å². The molecule has 2 nitrogen and oxygen atoms in total. The summed E-state index contributed by atoms with van der Waals surface area (Å²) < 4.78 is 0. The largest absolute Gasteiger partial charge is 0.311 e. The minimum atomic E-state index is 0.332. The number of nitrogens with zero attached hydrogens (tertiary/aromatic N) is 1. The highest BCUT2D eigenvalue weighted by Gasteiger charge is 2.38. The lowest BCUT2D eigenvalue weighted by Crippen LogP contribution is -2.65. The summed E-state index contributed by atoms with van der Waals surface area (Å²) >= 11 is 0. The van der Waals surface area contributed by atoms with Gasteiger partial charge in [-0.1, -0.05) is 41.0 Å². The van der Waals surface area contributed by atoms with Crippen molar-refractivity contribution in [3.8, 4) is 0 Å². The van der Waals surface area contributed by atoms with E-state index in [1.54, 1.807) is 0 Å². The van der Waals surface area contributed by atoms with Crippen LogP contribution in [0, 0.1) is 11.8 Å². The Morgan fingerprint density at radius 2 is 1.78 bits per heavy atom. The molecule has 0 amide bonds. The molecule has 2 unspecified atom stereocenters. The maximum Gasteiger partial charge on any atom is 0.0249 e. The third kappa shape index (κ3) is 3.71. The van der Waals surface area contributed by atoms with Crippen molar-refractivity contribution < 1.29 is 0 Å². The Bertz CT molecular complexity index is 245. The first-order valence-corrected chi connectivity index (χ1v) is 7.79. The molecule has 1 fully saturated rings. The summed E-state index contributed by atoms with van der Waals surface area (Å²) in [4.78, 5) is 2.78. The van der Waals surface area contributed by atoms with Crippen molar-refractivity contribution in [2.24, 2.45) is 11.8 Å². The van der Waals surface area contributed by atoms with Gasteiger partial charge in [0, 0.05) is 30.7 Å². The molecule has 108 valence electrons. The van der Waals surface area contributed by atoms with Crippen LogP contribution in [0.1, 0.15) is 61.3 Å². The number of piperazine rings is 1. The molecule has 2 heteroatoms. The Morgan fingerprint density at radius 3 is 2.22 bits per heavy atom. The third-order valence-electron chi connectivity index (χ3n) is 4.60. The second-order valence-corrected chi connectivity index (χ2v) is 7.28. The molecule has 1 heterocycles. The molecule has 0 aromatic carbocycles. The SMILES string of the molecule is CCCC(C)(C)N1CC(C(C)C)NCC1C(C)C. The van der Waals surface area contributed by atoms with Gasteiger partial charge >= 0.3 is 0 Å². The lowest BCUT2D eigenvalue weighted by atomic mass is 9.86. The molecule has 0 radical (unpaired) electrons. The molecule has 0 bridgehead atoms. The average Bonchev–Trinajstić information content (AvgIpc) is 2.27. The molecule has 0 saturated carbocycles. The number of rotatable bonds is 5. The number of hydrogen-bond donors (Lipinski definition) is 1. The first kappa shape index (κ1) is 16.0. The molecule has 1 rings (SSSR count). The molecule has 2 atom stereocenters. The standard InChI is InChI=1S/C16H34N2/c1-8-9-16(6,7)18-11-14(12(2)3)17-10-15(18)13(4)5/h12-15,17H,8-11H2,1-7H3. The van der Waals surface area contributed by atoms with Gasteiger partial charge in [-0.05, 0) is 32.1 Å². The molecule has 0 spiro atoms. The molecule has 1 saturated heterocycles. The van der Waals surface area contributed by atoms with Gasteiger partial charge in [0.2, 0.25) is 0 Å². The van der Waals surface area contributed by atoms with Crippen LogP contribution in [0.4, 0.5) is 0 Å². The lowest BCUT2D eigenvalue weighted by Gasteiger charge is -2.51. The monoisotopic (exact) mass is 254 g/mol. The quantitative estimate of drug-likeness (QED) is 0.807. The van der Waals surface area contributed by atoms with E-state index in [0.29, 0.717) is 17.6 Å². The highest BCUT2D eigenvalue weighted by Crippen LogP contribution is 2.29. The second-order valence-electron chi connectivity index (χ2n) is 7.28. The zero-order valence-electron chi connectivity index (χ0n) is 13.6. The van der Waals surface area contributed by atoms with Gasteiger partial charge in [-0.2, -0.15) is 0 Å². The van der Waals surface area contributed by atoms with Crippen LogP contribution in [0.3, 0.4) is 0 Å². The highest BCUT2D eigenvalue weighted by atomic mass is 15.3. The Labute approximate surface area is 115 Å². The molecule has 0 aliphatic carbocycles. The Kier molecular flexibility index (Phi) is 5.67. The summed E-state index contributed by atoms with van der Waals surface area (Å²) in [5.74, 6) is 1.44. The fraction of sp³-hybridized carbons (Fsp3) is 1.00. The fourth-order valence-corrected chi connectivity index (χ4v) is 3.29. The van der Waals surface area contributed by atoms with Crippen molar-refractivity contribution in [2.45, 2.75) is 78.9 Å². The smallest absolute Gasteiger partial charge is 0.0249 e. The summed E-state index contributed by atoms with van der Waals surface area (Å²) in [5.41, 5.74) is 0.332. The van der Waals surface area contributed by atoms with Gasteiger partial charge in [0.1, 0.15) is 0 Å². The van der Waals surface area contributed by atoms with E-state index in [2.05, 4.69) is 58.7 Å².